The third-order valence-corrected chi connectivity index (χ3v) is 6.96. The summed E-state index contributed by atoms with van der Waals surface area (Å²) in [6.45, 7) is 4.98. The quantitative estimate of drug-likeness (QED) is 0.0344. The predicted molar refractivity (Wildman–Crippen MR) is 177 cm³/mol. The zero-order valence-electron chi connectivity index (χ0n) is 27.3. The molecule has 3 rings (SSSR count). The average Bonchev–Trinajstić information content (AvgIpc) is 3.43. The first kappa shape index (κ1) is 36.8. The van der Waals surface area contributed by atoms with Crippen LogP contribution in [0.5, 0.6) is 0 Å². The van der Waals surface area contributed by atoms with E-state index in [1.807, 2.05) is 30.3 Å². The van der Waals surface area contributed by atoms with Crippen molar-refractivity contribution in [2.75, 3.05) is 13.7 Å². The monoisotopic (exact) mass is 666 g/mol. The number of ether oxygens (including phenoxy) is 2. The highest BCUT2D eigenvalue weighted by molar-refractivity contribution is 5.93. The number of esters is 1. The Labute approximate surface area is 277 Å². The highest BCUT2D eigenvalue weighted by Crippen LogP contribution is 2.20. The number of methoxy groups -OCH3 is 1. The predicted octanol–water partition coefficient (Wildman–Crippen LogP) is 1.87. The standard InChI is InChI=1S/C32H42N8O8/c1-32(2,3)48-31(44)38-24(15-10-16-34-30(33)39-40(45)46)27(41)36-25(17-20-11-6-5-7-12-20)28(42)37-26(29(43)47-4)18-21-19-35-23-14-9-8-13-22(21)23/h5-9,11-14,19,24-26,35H,10,15-18H2,1-4H3,(H,36,41)(H,37,42)(H,38,44)(H3,33,34,39)/t24-,25-,26-/m0/s1. The maximum atomic E-state index is 13.8. The summed E-state index contributed by atoms with van der Waals surface area (Å²) in [4.78, 5) is 70.6. The first-order valence-corrected chi connectivity index (χ1v) is 15.2. The Kier molecular flexibility index (Phi) is 13.3. The van der Waals surface area contributed by atoms with E-state index in [0.29, 0.717) is 0 Å². The number of H-pyrrole nitrogens is 1. The van der Waals surface area contributed by atoms with Crippen molar-refractivity contribution in [3.05, 3.63) is 82.0 Å². The molecule has 2 aromatic carbocycles. The van der Waals surface area contributed by atoms with Crippen molar-refractivity contribution in [3.63, 3.8) is 0 Å². The summed E-state index contributed by atoms with van der Waals surface area (Å²) in [5.41, 5.74) is 8.70. The van der Waals surface area contributed by atoms with Crippen LogP contribution in [0.2, 0.25) is 0 Å². The molecule has 0 aliphatic carbocycles. The van der Waals surface area contributed by atoms with Crippen molar-refractivity contribution >= 4 is 40.7 Å². The molecule has 0 saturated heterocycles. The minimum atomic E-state index is -1.19. The molecule has 3 amide bonds. The third kappa shape index (κ3) is 11.9. The Balaban J connectivity index is 1.83. The number of aliphatic imine (C=N–C) groups is 1. The fourth-order valence-corrected chi connectivity index (χ4v) is 4.80. The third-order valence-electron chi connectivity index (χ3n) is 6.96. The van der Waals surface area contributed by atoms with E-state index in [1.54, 1.807) is 56.7 Å². The number of fused-ring (bicyclic) bond motifs is 1. The van der Waals surface area contributed by atoms with Gasteiger partial charge in [0.25, 0.3) is 5.96 Å². The number of nitrogens with two attached hydrogens (primary N) is 1. The summed E-state index contributed by atoms with van der Waals surface area (Å²) >= 11 is 0. The molecule has 16 nitrogen and oxygen atoms in total. The lowest BCUT2D eigenvalue weighted by Gasteiger charge is -2.26. The van der Waals surface area contributed by atoms with Gasteiger partial charge in [-0.2, -0.15) is 0 Å². The van der Waals surface area contributed by atoms with Gasteiger partial charge in [0.15, 0.2) is 5.03 Å². The molecule has 258 valence electrons. The van der Waals surface area contributed by atoms with E-state index in [-0.39, 0.29) is 32.2 Å². The second kappa shape index (κ2) is 17.3. The number of hydrogen-bond acceptors (Lipinski definition) is 9. The van der Waals surface area contributed by atoms with Crippen LogP contribution in [0.3, 0.4) is 0 Å². The van der Waals surface area contributed by atoms with Crippen LogP contribution in [0.25, 0.3) is 10.9 Å². The van der Waals surface area contributed by atoms with Gasteiger partial charge in [-0.25, -0.2) is 24.7 Å². The number of carbonyl (C=O) groups is 4. The SMILES string of the molecule is COC(=O)[C@H](Cc1c[nH]c2ccccc12)NC(=O)[C@H](Cc1ccccc1)NC(=O)[C@H](CCCN=C(N)N[N+](=O)[O-])NC(=O)OC(C)(C)C. The molecule has 48 heavy (non-hydrogen) atoms. The van der Waals surface area contributed by atoms with Crippen LogP contribution in [0.4, 0.5) is 4.79 Å². The maximum Gasteiger partial charge on any atom is 0.408 e. The topological polar surface area (TPSA) is 232 Å². The van der Waals surface area contributed by atoms with Gasteiger partial charge in [0, 0.05) is 36.5 Å². The number of benzene rings is 2. The second-order valence-corrected chi connectivity index (χ2v) is 11.9. The maximum absolute atomic E-state index is 13.8. The molecule has 3 atom stereocenters. The van der Waals surface area contributed by atoms with Gasteiger partial charge in [-0.1, -0.05) is 54.0 Å². The minimum Gasteiger partial charge on any atom is -0.467 e. The summed E-state index contributed by atoms with van der Waals surface area (Å²) < 4.78 is 10.3. The summed E-state index contributed by atoms with van der Waals surface area (Å²) in [7, 11) is 1.22. The van der Waals surface area contributed by atoms with Crippen molar-refractivity contribution in [1.29, 1.82) is 0 Å². The van der Waals surface area contributed by atoms with Gasteiger partial charge in [-0.3, -0.25) is 9.59 Å². The molecule has 0 aliphatic heterocycles. The van der Waals surface area contributed by atoms with Crippen LogP contribution >= 0.6 is 0 Å². The van der Waals surface area contributed by atoms with Crippen LogP contribution < -0.4 is 27.1 Å². The molecule has 7 N–H and O–H groups in total. The lowest BCUT2D eigenvalue weighted by atomic mass is 10.0. The number of carbonyl (C=O) groups excluding carboxylic acids is 4. The average molecular weight is 667 g/mol. The van der Waals surface area contributed by atoms with E-state index in [0.717, 1.165) is 22.0 Å². The molecule has 0 radical (unpaired) electrons. The second-order valence-electron chi connectivity index (χ2n) is 11.9. The van der Waals surface area contributed by atoms with E-state index < -0.39 is 58.6 Å². The van der Waals surface area contributed by atoms with Crippen LogP contribution in [0.15, 0.2) is 65.8 Å². The number of aromatic amines is 1. The number of hydrazine groups is 1. The largest absolute Gasteiger partial charge is 0.467 e. The molecule has 0 bridgehead atoms. The van der Waals surface area contributed by atoms with Gasteiger partial charge in [-0.15, -0.1) is 0 Å². The number of rotatable bonds is 15. The molecule has 1 heterocycles. The molecule has 0 fully saturated rings. The summed E-state index contributed by atoms with van der Waals surface area (Å²) in [5.74, 6) is -2.45. The van der Waals surface area contributed by atoms with Crippen molar-refractivity contribution < 1.29 is 33.7 Å². The van der Waals surface area contributed by atoms with Crippen molar-refractivity contribution in [2.24, 2.45) is 10.7 Å². The van der Waals surface area contributed by atoms with Gasteiger partial charge < -0.3 is 36.1 Å². The first-order chi connectivity index (χ1) is 22.8. The van der Waals surface area contributed by atoms with Gasteiger partial charge in [-0.05, 0) is 50.8 Å². The number of hydrogen-bond donors (Lipinski definition) is 6. The minimum absolute atomic E-state index is 0.00493. The van der Waals surface area contributed by atoms with Gasteiger partial charge >= 0.3 is 12.1 Å². The van der Waals surface area contributed by atoms with Gasteiger partial charge in [0.05, 0.1) is 7.11 Å². The molecule has 1 aromatic heterocycles. The number of guanidine groups is 1. The van der Waals surface area contributed by atoms with E-state index in [4.69, 9.17) is 15.2 Å². The van der Waals surface area contributed by atoms with Crippen molar-refractivity contribution in [2.45, 2.75) is 70.2 Å². The smallest absolute Gasteiger partial charge is 0.408 e. The Morgan fingerprint density at radius 1 is 0.938 bits per heavy atom. The van der Waals surface area contributed by atoms with E-state index in [9.17, 15) is 29.3 Å². The fourth-order valence-electron chi connectivity index (χ4n) is 4.80. The molecular formula is C32H42N8O8. The Hall–Kier alpha value is -5.67. The Morgan fingerprint density at radius 3 is 2.25 bits per heavy atom. The molecule has 16 heteroatoms. The lowest BCUT2D eigenvalue weighted by Crippen LogP contribution is -2.57. The Bertz CT molecular complexity index is 1600. The van der Waals surface area contributed by atoms with E-state index in [2.05, 4.69) is 25.9 Å². The lowest BCUT2D eigenvalue weighted by molar-refractivity contribution is -0.525. The van der Waals surface area contributed by atoms with Crippen molar-refractivity contribution in [1.82, 2.24) is 26.4 Å². The highest BCUT2D eigenvalue weighted by Gasteiger charge is 2.31. The van der Waals surface area contributed by atoms with Crippen LogP contribution in [-0.2, 0) is 36.7 Å². The van der Waals surface area contributed by atoms with Crippen LogP contribution in [0.1, 0.15) is 44.7 Å². The zero-order valence-corrected chi connectivity index (χ0v) is 27.3. The summed E-state index contributed by atoms with van der Waals surface area (Å²) in [5, 5.41) is 18.6. The number of nitro groups is 1. The fraction of sp³-hybridized carbons (Fsp3) is 0.406. The molecule has 0 spiro atoms. The van der Waals surface area contributed by atoms with E-state index in [1.165, 1.54) is 7.11 Å². The Morgan fingerprint density at radius 2 is 1.58 bits per heavy atom. The number of nitrogens with zero attached hydrogens (tertiary/aromatic N) is 2. The summed E-state index contributed by atoms with van der Waals surface area (Å²) in [6.07, 6.45) is 1.27. The first-order valence-electron chi connectivity index (χ1n) is 15.2. The molecule has 3 aromatic rings. The molecule has 0 unspecified atom stereocenters. The molecule has 0 aliphatic rings. The number of amides is 3. The van der Waals surface area contributed by atoms with Crippen molar-refractivity contribution in [3.8, 4) is 0 Å². The number of para-hydroxylation sites is 1. The highest BCUT2D eigenvalue weighted by atomic mass is 16.7. The molecular weight excluding hydrogens is 624 g/mol. The zero-order chi connectivity index (χ0) is 35.3. The number of alkyl carbamates (subject to hydrolysis) is 1. The van der Waals surface area contributed by atoms with E-state index >= 15 is 0 Å². The van der Waals surface area contributed by atoms with Crippen LogP contribution in [0, 0.1) is 10.1 Å². The van der Waals surface area contributed by atoms with Gasteiger partial charge in [0.1, 0.15) is 23.7 Å². The number of aromatic nitrogens is 1. The number of nitrogens with one attached hydrogen (secondary N) is 5. The molecule has 0 saturated carbocycles. The summed E-state index contributed by atoms with van der Waals surface area (Å²) in [6, 6.07) is 13.0. The van der Waals surface area contributed by atoms with Crippen LogP contribution in [-0.4, -0.2) is 77.2 Å². The van der Waals surface area contributed by atoms with Gasteiger partial charge in [0.2, 0.25) is 11.8 Å². The normalized spacial score (nSPS) is 13.5.